The number of amides is 1. The van der Waals surface area contributed by atoms with Gasteiger partial charge in [-0.15, -0.1) is 11.3 Å². The smallest absolute Gasteiger partial charge is 0.231 e. The van der Waals surface area contributed by atoms with Gasteiger partial charge in [-0.2, -0.15) is 0 Å². The molecule has 8 heteroatoms. The molecule has 0 bridgehead atoms. The number of rotatable bonds is 4. The number of benzene rings is 1. The van der Waals surface area contributed by atoms with E-state index in [2.05, 4.69) is 21.3 Å². The third kappa shape index (κ3) is 3.41. The number of hydrogen-bond acceptors (Lipinski definition) is 7. The minimum absolute atomic E-state index is 0.0196. The largest absolute Gasteiger partial charge is 0.463 e. The lowest BCUT2D eigenvalue weighted by molar-refractivity contribution is -0.120. The van der Waals surface area contributed by atoms with Gasteiger partial charge in [0.2, 0.25) is 5.91 Å². The first-order valence-corrected chi connectivity index (χ1v) is 10.9. The number of nitrogens with one attached hydrogen (secondary N) is 1. The molecule has 1 saturated heterocycles. The van der Waals surface area contributed by atoms with Crippen LogP contribution in [0.5, 0.6) is 0 Å². The van der Waals surface area contributed by atoms with Gasteiger partial charge in [-0.1, -0.05) is 23.5 Å². The molecule has 3 aromatic heterocycles. The van der Waals surface area contributed by atoms with E-state index in [9.17, 15) is 4.79 Å². The molecule has 1 aromatic carbocycles. The molecule has 4 heterocycles. The van der Waals surface area contributed by atoms with Crippen molar-refractivity contribution in [1.29, 1.82) is 0 Å². The Kier molecular flexibility index (Phi) is 4.58. The number of anilines is 2. The van der Waals surface area contributed by atoms with Crippen molar-refractivity contribution in [3.05, 3.63) is 48.0 Å². The monoisotopic (exact) mass is 410 g/mol. The van der Waals surface area contributed by atoms with Gasteiger partial charge in [-0.05, 0) is 37.1 Å². The highest BCUT2D eigenvalue weighted by molar-refractivity contribution is 7.22. The summed E-state index contributed by atoms with van der Waals surface area (Å²) in [5.41, 5.74) is 1.76. The van der Waals surface area contributed by atoms with Crippen molar-refractivity contribution in [2.45, 2.75) is 12.8 Å². The van der Waals surface area contributed by atoms with E-state index in [1.165, 1.54) is 16.0 Å². The van der Waals surface area contributed by atoms with Crippen molar-refractivity contribution in [1.82, 2.24) is 9.97 Å². The Balaban J connectivity index is 1.27. The number of carbonyl (C=O) groups is 1. The Morgan fingerprint density at radius 3 is 3.00 bits per heavy atom. The van der Waals surface area contributed by atoms with E-state index < -0.39 is 0 Å². The predicted octanol–water partition coefficient (Wildman–Crippen LogP) is 4.87. The Labute approximate surface area is 169 Å². The fourth-order valence-corrected chi connectivity index (χ4v) is 5.14. The molecule has 1 N–H and O–H groups in total. The number of para-hydroxylation sites is 1. The van der Waals surface area contributed by atoms with Crippen LogP contribution >= 0.6 is 22.7 Å². The summed E-state index contributed by atoms with van der Waals surface area (Å²) in [5, 5.41) is 6.47. The van der Waals surface area contributed by atoms with Gasteiger partial charge < -0.3 is 14.6 Å². The lowest BCUT2D eigenvalue weighted by Gasteiger charge is -2.31. The third-order valence-electron chi connectivity index (χ3n) is 4.85. The molecule has 1 aliphatic rings. The van der Waals surface area contributed by atoms with Gasteiger partial charge in [0.25, 0.3) is 0 Å². The first-order valence-electron chi connectivity index (χ1n) is 9.17. The predicted molar refractivity (Wildman–Crippen MR) is 113 cm³/mol. The quantitative estimate of drug-likeness (QED) is 0.520. The minimum Gasteiger partial charge on any atom is -0.463 e. The number of carbonyl (C=O) groups excluding carboxylic acids is 1. The third-order valence-corrected chi connectivity index (χ3v) is 6.71. The zero-order valence-electron chi connectivity index (χ0n) is 15.0. The lowest BCUT2D eigenvalue weighted by atomic mass is 9.97. The van der Waals surface area contributed by atoms with Gasteiger partial charge in [-0.3, -0.25) is 4.79 Å². The molecule has 1 atom stereocenters. The van der Waals surface area contributed by atoms with Gasteiger partial charge in [0.1, 0.15) is 5.69 Å². The van der Waals surface area contributed by atoms with Crippen LogP contribution in [0.2, 0.25) is 0 Å². The van der Waals surface area contributed by atoms with E-state index in [4.69, 9.17) is 9.40 Å². The Morgan fingerprint density at radius 2 is 2.14 bits per heavy atom. The summed E-state index contributed by atoms with van der Waals surface area (Å²) in [6.45, 7) is 1.62. The van der Waals surface area contributed by atoms with Crippen molar-refractivity contribution < 1.29 is 9.21 Å². The van der Waals surface area contributed by atoms with Gasteiger partial charge in [0.15, 0.2) is 16.0 Å². The molecule has 142 valence electrons. The van der Waals surface area contributed by atoms with Gasteiger partial charge in [0.05, 0.1) is 22.4 Å². The molecule has 4 aromatic rings. The molecular weight excluding hydrogens is 392 g/mol. The highest BCUT2D eigenvalue weighted by Crippen LogP contribution is 2.32. The average Bonchev–Trinajstić information content (AvgIpc) is 3.47. The fourth-order valence-electron chi connectivity index (χ4n) is 3.44. The van der Waals surface area contributed by atoms with E-state index in [-0.39, 0.29) is 11.8 Å². The molecule has 6 nitrogen and oxygen atoms in total. The molecule has 5 rings (SSSR count). The zero-order chi connectivity index (χ0) is 18.9. The van der Waals surface area contributed by atoms with E-state index in [0.717, 1.165) is 35.7 Å². The summed E-state index contributed by atoms with van der Waals surface area (Å²) in [5.74, 6) is 0.652. The topological polar surface area (TPSA) is 71.3 Å². The van der Waals surface area contributed by atoms with Crippen LogP contribution in [0.3, 0.4) is 0 Å². The van der Waals surface area contributed by atoms with Gasteiger partial charge in [0, 0.05) is 18.5 Å². The van der Waals surface area contributed by atoms with E-state index in [1.54, 1.807) is 17.6 Å². The van der Waals surface area contributed by atoms with Crippen molar-refractivity contribution in [2.24, 2.45) is 5.92 Å². The number of fused-ring (bicyclic) bond motifs is 1. The van der Waals surface area contributed by atoms with E-state index >= 15 is 0 Å². The van der Waals surface area contributed by atoms with Crippen LogP contribution in [-0.2, 0) is 4.79 Å². The average molecular weight is 411 g/mol. The molecule has 0 radical (unpaired) electrons. The van der Waals surface area contributed by atoms with Crippen molar-refractivity contribution in [3.63, 3.8) is 0 Å². The lowest BCUT2D eigenvalue weighted by Crippen LogP contribution is -2.40. The normalized spacial score (nSPS) is 17.1. The maximum absolute atomic E-state index is 12.8. The van der Waals surface area contributed by atoms with Crippen LogP contribution < -0.4 is 10.2 Å². The summed E-state index contributed by atoms with van der Waals surface area (Å²) in [7, 11) is 0. The van der Waals surface area contributed by atoms with Gasteiger partial charge >= 0.3 is 0 Å². The van der Waals surface area contributed by atoms with Crippen molar-refractivity contribution in [3.8, 4) is 11.5 Å². The van der Waals surface area contributed by atoms with Gasteiger partial charge in [-0.25, -0.2) is 9.97 Å². The SMILES string of the molecule is O=C(Nc1nc(-c2ccco2)cs1)C1CCCN(c2nc3ccccc3s2)C1. The molecule has 1 fully saturated rings. The van der Waals surface area contributed by atoms with E-state index in [1.807, 2.05) is 35.7 Å². The standard InChI is InChI=1S/C20H18N4O2S2/c25-18(23-19-21-15(12-27-19)16-7-4-10-26-16)13-5-3-9-24(11-13)20-22-14-6-1-2-8-17(14)28-20/h1-2,4,6-8,10,12-13H,3,5,9,11H2,(H,21,23,25). The maximum Gasteiger partial charge on any atom is 0.231 e. The summed E-state index contributed by atoms with van der Waals surface area (Å²) in [6, 6.07) is 11.8. The first-order chi connectivity index (χ1) is 13.8. The van der Waals surface area contributed by atoms with Crippen LogP contribution in [-0.4, -0.2) is 29.0 Å². The summed E-state index contributed by atoms with van der Waals surface area (Å²) >= 11 is 3.10. The minimum atomic E-state index is -0.0725. The van der Waals surface area contributed by atoms with Crippen molar-refractivity contribution >= 4 is 49.1 Å². The first kappa shape index (κ1) is 17.4. The number of furan rings is 1. The Bertz CT molecular complexity index is 1070. The second-order valence-electron chi connectivity index (χ2n) is 6.75. The Morgan fingerprint density at radius 1 is 1.21 bits per heavy atom. The van der Waals surface area contributed by atoms with Crippen LogP contribution in [0.4, 0.5) is 10.3 Å². The molecule has 1 unspecified atom stereocenters. The molecule has 0 spiro atoms. The Hall–Kier alpha value is -2.71. The summed E-state index contributed by atoms with van der Waals surface area (Å²) < 4.78 is 6.54. The molecular formula is C20H18N4O2S2. The number of thiazole rings is 2. The summed E-state index contributed by atoms with van der Waals surface area (Å²) in [4.78, 5) is 24.2. The zero-order valence-corrected chi connectivity index (χ0v) is 16.6. The highest BCUT2D eigenvalue weighted by Gasteiger charge is 2.28. The molecule has 0 saturated carbocycles. The maximum atomic E-state index is 12.8. The van der Waals surface area contributed by atoms with E-state index in [0.29, 0.717) is 17.4 Å². The molecule has 28 heavy (non-hydrogen) atoms. The van der Waals surface area contributed by atoms with Crippen LogP contribution in [0.25, 0.3) is 21.7 Å². The van der Waals surface area contributed by atoms with Crippen LogP contribution in [0.15, 0.2) is 52.5 Å². The molecule has 0 aliphatic carbocycles. The number of hydrogen-bond donors (Lipinski definition) is 1. The second kappa shape index (κ2) is 7.37. The fraction of sp³-hybridized carbons (Fsp3) is 0.250. The molecule has 1 aliphatic heterocycles. The van der Waals surface area contributed by atoms with Crippen molar-refractivity contribution in [2.75, 3.05) is 23.3 Å². The van der Waals surface area contributed by atoms with Crippen LogP contribution in [0, 0.1) is 5.92 Å². The second-order valence-corrected chi connectivity index (χ2v) is 8.62. The summed E-state index contributed by atoms with van der Waals surface area (Å²) in [6.07, 6.45) is 3.47. The number of piperidine rings is 1. The number of nitrogens with zero attached hydrogens (tertiary/aromatic N) is 3. The number of aromatic nitrogens is 2. The molecule has 1 amide bonds. The van der Waals surface area contributed by atoms with Crippen LogP contribution in [0.1, 0.15) is 12.8 Å². The highest BCUT2D eigenvalue weighted by atomic mass is 32.1.